The molecular weight excluding hydrogens is 516 g/mol. The fourth-order valence-electron chi connectivity index (χ4n) is 4.90. The van der Waals surface area contributed by atoms with Crippen molar-refractivity contribution in [3.05, 3.63) is 118 Å². The van der Waals surface area contributed by atoms with Crippen LogP contribution in [0.5, 0.6) is 11.5 Å². The number of pyridine rings is 1. The predicted molar refractivity (Wildman–Crippen MR) is 162 cm³/mol. The average molecular weight is 553 g/mol. The van der Waals surface area contributed by atoms with Crippen LogP contribution in [0.2, 0.25) is 0 Å². The van der Waals surface area contributed by atoms with Gasteiger partial charge in [-0.05, 0) is 66.3 Å². The van der Waals surface area contributed by atoms with Gasteiger partial charge in [0, 0.05) is 19.3 Å². The molecule has 0 aliphatic heterocycles. The number of anilines is 1. The van der Waals surface area contributed by atoms with Gasteiger partial charge in [0.1, 0.15) is 28.6 Å². The number of nitrogens with zero attached hydrogens (tertiary/aromatic N) is 3. The normalized spacial score (nSPS) is 11.8. The smallest absolute Gasteiger partial charge is 0.359 e. The van der Waals surface area contributed by atoms with E-state index in [0.29, 0.717) is 29.9 Å². The summed E-state index contributed by atoms with van der Waals surface area (Å²) < 4.78 is 12.1. The summed E-state index contributed by atoms with van der Waals surface area (Å²) in [6.07, 6.45) is 4.08. The molecule has 3 aromatic carbocycles. The van der Waals surface area contributed by atoms with Crippen LogP contribution >= 0.6 is 0 Å². The van der Waals surface area contributed by atoms with Gasteiger partial charge in [-0.2, -0.15) is 0 Å². The van der Waals surface area contributed by atoms with Crippen LogP contribution in [0.15, 0.2) is 95.9 Å². The van der Waals surface area contributed by atoms with E-state index in [1.807, 2.05) is 72.8 Å². The Bertz CT molecular complexity index is 1550. The van der Waals surface area contributed by atoms with Crippen molar-refractivity contribution in [1.29, 1.82) is 0 Å². The largest absolute Gasteiger partial charge is 0.497 e. The van der Waals surface area contributed by atoms with Gasteiger partial charge in [0.15, 0.2) is 5.82 Å². The van der Waals surface area contributed by atoms with E-state index in [4.69, 9.17) is 19.3 Å². The lowest BCUT2D eigenvalue weighted by atomic mass is 10.1. The first-order valence-electron chi connectivity index (χ1n) is 13.9. The van der Waals surface area contributed by atoms with Crippen LogP contribution in [0.4, 0.5) is 5.82 Å². The zero-order chi connectivity index (χ0) is 28.6. The lowest BCUT2D eigenvalue weighted by Crippen LogP contribution is -2.32. The second-order valence-electron chi connectivity index (χ2n) is 9.97. The van der Waals surface area contributed by atoms with Gasteiger partial charge in [0.2, 0.25) is 0 Å². The maximum Gasteiger partial charge on any atom is 0.359 e. The van der Waals surface area contributed by atoms with Crippen molar-refractivity contribution in [3.8, 4) is 11.5 Å². The Morgan fingerprint density at radius 1 is 0.829 bits per heavy atom. The molecule has 1 atom stereocenters. The highest BCUT2D eigenvalue weighted by Gasteiger charge is 2.20. The topological polar surface area (TPSA) is 81.6 Å². The second kappa shape index (κ2) is 13.1. The number of aromatic nitrogens is 3. The Hall–Kier alpha value is -4.72. The Morgan fingerprint density at radius 3 is 2.00 bits per heavy atom. The van der Waals surface area contributed by atoms with Crippen molar-refractivity contribution in [1.82, 2.24) is 14.7 Å². The van der Waals surface area contributed by atoms with Crippen molar-refractivity contribution in [3.63, 3.8) is 0 Å². The second-order valence-corrected chi connectivity index (χ2v) is 9.97. The molecule has 1 N–H and O–H groups in total. The summed E-state index contributed by atoms with van der Waals surface area (Å²) in [4.78, 5) is 29.4. The molecule has 0 radical (unpaired) electrons. The number of hydrogen-bond acceptors (Lipinski definition) is 6. The highest BCUT2D eigenvalue weighted by atomic mass is 16.7. The third kappa shape index (κ3) is 6.72. The van der Waals surface area contributed by atoms with Crippen LogP contribution in [-0.2, 0) is 19.5 Å². The molecule has 0 aliphatic rings. The number of aromatic amines is 1. The predicted octanol–water partition coefficient (Wildman–Crippen LogP) is 5.79. The number of H-pyrrole nitrogens is 1. The van der Waals surface area contributed by atoms with Gasteiger partial charge in [-0.1, -0.05) is 61.5 Å². The number of imidazole rings is 1. The summed E-state index contributed by atoms with van der Waals surface area (Å²) in [7, 11) is 3.31. The standard InChI is InChI=1S/C33H36N4O4/c1-4-27(15-10-24-8-6-5-7-9-24)41-37-30-20-21-34-32(31(30)35-33(37)38)36(22-25-11-16-28(39-2)17-12-25)23-26-13-18-29(40-3)19-14-26/h5-9,11-14,16-21,27H,4,10,15,22-23H2,1-3H3,(H,35,38). The zero-order valence-electron chi connectivity index (χ0n) is 23.7. The van der Waals surface area contributed by atoms with E-state index in [2.05, 4.69) is 28.9 Å². The minimum atomic E-state index is -0.318. The van der Waals surface area contributed by atoms with Crippen molar-refractivity contribution in [2.75, 3.05) is 19.1 Å². The molecule has 212 valence electrons. The highest BCUT2D eigenvalue weighted by molar-refractivity contribution is 5.86. The van der Waals surface area contributed by atoms with Crippen LogP contribution in [0, 0.1) is 0 Å². The van der Waals surface area contributed by atoms with E-state index in [0.717, 1.165) is 41.9 Å². The third-order valence-corrected chi connectivity index (χ3v) is 7.22. The van der Waals surface area contributed by atoms with Crippen LogP contribution in [0.25, 0.3) is 11.0 Å². The van der Waals surface area contributed by atoms with Gasteiger partial charge < -0.3 is 19.2 Å². The number of ether oxygens (including phenoxy) is 2. The molecule has 0 spiro atoms. The van der Waals surface area contributed by atoms with Crippen LogP contribution in [0.3, 0.4) is 0 Å². The number of aryl methyl sites for hydroxylation is 1. The van der Waals surface area contributed by atoms with Gasteiger partial charge in [0.05, 0.1) is 14.2 Å². The van der Waals surface area contributed by atoms with E-state index >= 15 is 0 Å². The summed E-state index contributed by atoms with van der Waals surface area (Å²) in [6, 6.07) is 28.1. The van der Waals surface area contributed by atoms with E-state index in [1.165, 1.54) is 10.3 Å². The summed E-state index contributed by atoms with van der Waals surface area (Å²) in [5.41, 5.74) is 4.40. The lowest BCUT2D eigenvalue weighted by Gasteiger charge is -2.25. The minimum Gasteiger partial charge on any atom is -0.497 e. The zero-order valence-corrected chi connectivity index (χ0v) is 23.7. The average Bonchev–Trinajstić information content (AvgIpc) is 3.34. The van der Waals surface area contributed by atoms with Crippen LogP contribution < -0.4 is 24.9 Å². The first-order chi connectivity index (χ1) is 20.1. The number of rotatable bonds is 13. The maximum absolute atomic E-state index is 13.2. The number of fused-ring (bicyclic) bond motifs is 1. The van der Waals surface area contributed by atoms with Gasteiger partial charge in [-0.15, -0.1) is 4.73 Å². The van der Waals surface area contributed by atoms with Crippen molar-refractivity contribution in [2.45, 2.75) is 45.4 Å². The van der Waals surface area contributed by atoms with Crippen molar-refractivity contribution < 1.29 is 14.3 Å². The van der Waals surface area contributed by atoms with Crippen molar-refractivity contribution >= 4 is 16.9 Å². The van der Waals surface area contributed by atoms with E-state index in [9.17, 15) is 4.79 Å². The quantitative estimate of drug-likeness (QED) is 0.199. The molecule has 5 aromatic rings. The van der Waals surface area contributed by atoms with E-state index in [-0.39, 0.29) is 11.8 Å². The molecule has 0 bridgehead atoms. The molecule has 2 aromatic heterocycles. The van der Waals surface area contributed by atoms with Gasteiger partial charge in [-0.25, -0.2) is 9.78 Å². The van der Waals surface area contributed by atoms with Crippen molar-refractivity contribution in [2.24, 2.45) is 0 Å². The molecule has 0 aliphatic carbocycles. The van der Waals surface area contributed by atoms with Crippen LogP contribution in [0.1, 0.15) is 36.5 Å². The maximum atomic E-state index is 13.2. The number of benzene rings is 3. The van der Waals surface area contributed by atoms with E-state index in [1.54, 1.807) is 20.4 Å². The highest BCUT2D eigenvalue weighted by Crippen LogP contribution is 2.26. The van der Waals surface area contributed by atoms with Gasteiger partial charge >= 0.3 is 5.69 Å². The Labute approximate surface area is 240 Å². The molecule has 5 rings (SSSR count). The third-order valence-electron chi connectivity index (χ3n) is 7.22. The van der Waals surface area contributed by atoms with Crippen LogP contribution in [-0.4, -0.2) is 35.0 Å². The Kier molecular flexibility index (Phi) is 8.89. The summed E-state index contributed by atoms with van der Waals surface area (Å²) in [5, 5.41) is 0. The Balaban J connectivity index is 1.45. The fraction of sp³-hybridized carbons (Fsp3) is 0.273. The SMILES string of the molecule is CCC(CCc1ccccc1)On1c(=O)[nH]c2c(N(Cc3ccc(OC)cc3)Cc3ccc(OC)cc3)nccc21. The molecule has 41 heavy (non-hydrogen) atoms. The summed E-state index contributed by atoms with van der Waals surface area (Å²) >= 11 is 0. The molecule has 0 saturated carbocycles. The number of hydrogen-bond donors (Lipinski definition) is 1. The monoisotopic (exact) mass is 552 g/mol. The molecule has 0 amide bonds. The number of methoxy groups -OCH3 is 2. The lowest BCUT2D eigenvalue weighted by molar-refractivity contribution is 0.0311. The van der Waals surface area contributed by atoms with Gasteiger partial charge in [0.25, 0.3) is 0 Å². The van der Waals surface area contributed by atoms with E-state index < -0.39 is 0 Å². The Morgan fingerprint density at radius 2 is 1.44 bits per heavy atom. The minimum absolute atomic E-state index is 0.113. The molecule has 0 saturated heterocycles. The van der Waals surface area contributed by atoms with Gasteiger partial charge in [-0.3, -0.25) is 4.98 Å². The molecule has 1 unspecified atom stereocenters. The first-order valence-corrected chi connectivity index (χ1v) is 13.9. The molecule has 8 heteroatoms. The summed E-state index contributed by atoms with van der Waals surface area (Å²) in [6.45, 7) is 3.23. The molecule has 8 nitrogen and oxygen atoms in total. The fourth-order valence-corrected chi connectivity index (χ4v) is 4.90. The summed E-state index contributed by atoms with van der Waals surface area (Å²) in [5.74, 6) is 2.27. The first kappa shape index (κ1) is 27.8. The molecular formula is C33H36N4O4. The molecule has 0 fully saturated rings. The number of nitrogens with one attached hydrogen (secondary N) is 1. The molecule has 2 heterocycles.